The average Bonchev–Trinajstić information content (AvgIpc) is 3.77. The number of nitriles is 3. The van der Waals surface area contributed by atoms with Gasteiger partial charge in [0, 0.05) is 56.7 Å². The van der Waals surface area contributed by atoms with E-state index in [1.165, 1.54) is 64.6 Å². The molecular weight excluding hydrogens is 753 g/mol. The number of unbranched alkanes of at least 4 members (excludes halogenated alkanes) is 3. The van der Waals surface area contributed by atoms with Gasteiger partial charge >= 0.3 is 6.18 Å². The summed E-state index contributed by atoms with van der Waals surface area (Å²) >= 11 is 7.28. The average molecular weight is 797 g/mol. The number of ether oxygens (including phenoxy) is 2. The molecule has 6 rings (SSSR count). The molecule has 4 heterocycles. The molecule has 3 aromatic rings. The minimum atomic E-state index is -5.06. The van der Waals surface area contributed by atoms with E-state index in [1.807, 2.05) is 12.1 Å². The summed E-state index contributed by atoms with van der Waals surface area (Å²) in [7, 11) is 0. The van der Waals surface area contributed by atoms with Crippen LogP contribution < -0.4 is 9.64 Å². The third kappa shape index (κ3) is 7.60. The Morgan fingerprint density at radius 3 is 2.16 bits per heavy atom. The summed E-state index contributed by atoms with van der Waals surface area (Å²) in [5.74, 6) is 0.866. The van der Waals surface area contributed by atoms with Gasteiger partial charge in [-0.15, -0.1) is 22.9 Å². The second-order valence-corrected chi connectivity index (χ2v) is 17.2. The molecule has 0 saturated heterocycles. The zero-order chi connectivity index (χ0) is 40.3. The van der Waals surface area contributed by atoms with Crippen LogP contribution in [0.15, 0.2) is 77.1 Å². The van der Waals surface area contributed by atoms with Crippen molar-refractivity contribution in [3.63, 3.8) is 0 Å². The van der Waals surface area contributed by atoms with E-state index in [1.54, 1.807) is 30.3 Å². The fraction of sp³-hybridized carbons (Fsp3) is 0.400. The number of anilines is 1. The van der Waals surface area contributed by atoms with Crippen molar-refractivity contribution in [1.82, 2.24) is 0 Å². The molecule has 0 saturated carbocycles. The lowest BCUT2D eigenvalue weighted by molar-refractivity contribution is -0.249. The number of nitrogens with zero attached hydrogens (tertiary/aromatic N) is 4. The first-order valence-electron chi connectivity index (χ1n) is 18.8. The number of hydrogen-bond donors (Lipinski definition) is 0. The highest BCUT2D eigenvalue weighted by Crippen LogP contribution is 2.57. The standard InChI is InChI=1S/C45H44ClF3N4O2S/c1-42(2)20-23-53-24-21-43(3,4)38-39(53)37(42)26-30(41(38)54-25-11-6-5-10-22-46)14-15-33-16-17-34(56-33)18-19-36-35(29-52)40(31(27-50)28-51)55-44(36,45(47,48)49)32-12-8-7-9-13-32/h7-9,12-19,26H,5-6,10-11,20-25H2,1-4H3/b15-14+,19-18+. The summed E-state index contributed by atoms with van der Waals surface area (Å²) in [4.78, 5) is 4.01. The molecule has 1 aromatic heterocycles. The molecule has 11 heteroatoms. The van der Waals surface area contributed by atoms with Crippen molar-refractivity contribution < 1.29 is 22.6 Å². The molecule has 0 amide bonds. The Morgan fingerprint density at radius 2 is 1.54 bits per heavy atom. The number of thiophene rings is 1. The van der Waals surface area contributed by atoms with Gasteiger partial charge in [0.05, 0.1) is 6.61 Å². The van der Waals surface area contributed by atoms with Crippen LogP contribution in [0.4, 0.5) is 18.9 Å². The van der Waals surface area contributed by atoms with Gasteiger partial charge in [-0.05, 0) is 78.5 Å². The number of benzene rings is 2. The summed E-state index contributed by atoms with van der Waals surface area (Å²) in [6.07, 6.45) is 7.80. The van der Waals surface area contributed by atoms with E-state index in [0.717, 1.165) is 67.8 Å². The lowest BCUT2D eigenvalue weighted by atomic mass is 9.68. The molecular formula is C45H44ClF3N4O2S. The highest BCUT2D eigenvalue weighted by atomic mass is 35.5. The predicted molar refractivity (Wildman–Crippen MR) is 217 cm³/mol. The summed E-state index contributed by atoms with van der Waals surface area (Å²) in [6, 6.07) is 17.9. The first kappa shape index (κ1) is 40.7. The van der Waals surface area contributed by atoms with Crippen LogP contribution in [0.3, 0.4) is 0 Å². The molecule has 3 aliphatic rings. The van der Waals surface area contributed by atoms with Crippen LogP contribution in [0.1, 0.15) is 98.2 Å². The van der Waals surface area contributed by atoms with Crippen molar-refractivity contribution in [3.8, 4) is 24.0 Å². The number of rotatable bonds is 12. The van der Waals surface area contributed by atoms with Crippen molar-refractivity contribution in [2.45, 2.75) is 88.8 Å². The van der Waals surface area contributed by atoms with Gasteiger partial charge in [-0.1, -0.05) is 76.9 Å². The Bertz CT molecular complexity index is 2210. The first-order valence-corrected chi connectivity index (χ1v) is 20.2. The van der Waals surface area contributed by atoms with Crippen LogP contribution in [0.25, 0.3) is 18.2 Å². The molecule has 1 atom stereocenters. The Labute approximate surface area is 336 Å². The predicted octanol–water partition coefficient (Wildman–Crippen LogP) is 11.9. The maximum absolute atomic E-state index is 15.2. The number of alkyl halides is 4. The summed E-state index contributed by atoms with van der Waals surface area (Å²) in [5, 5.41) is 29.3. The fourth-order valence-electron chi connectivity index (χ4n) is 7.89. The largest absolute Gasteiger partial charge is 0.493 e. The van der Waals surface area contributed by atoms with Crippen molar-refractivity contribution in [3.05, 3.63) is 109 Å². The van der Waals surface area contributed by atoms with Gasteiger partial charge in [-0.2, -0.15) is 29.0 Å². The van der Waals surface area contributed by atoms with E-state index >= 15 is 13.2 Å². The van der Waals surface area contributed by atoms with Gasteiger partial charge in [0.2, 0.25) is 0 Å². The van der Waals surface area contributed by atoms with Gasteiger partial charge < -0.3 is 14.4 Å². The topological polar surface area (TPSA) is 93.1 Å². The third-order valence-electron chi connectivity index (χ3n) is 11.1. The molecule has 0 spiro atoms. The molecule has 56 heavy (non-hydrogen) atoms. The van der Waals surface area contributed by atoms with Gasteiger partial charge in [-0.3, -0.25) is 0 Å². The maximum atomic E-state index is 15.2. The van der Waals surface area contributed by atoms with E-state index in [9.17, 15) is 15.8 Å². The van der Waals surface area contributed by atoms with Crippen LogP contribution in [0.2, 0.25) is 0 Å². The van der Waals surface area contributed by atoms with Gasteiger partial charge in [0.25, 0.3) is 5.60 Å². The van der Waals surface area contributed by atoms with Crippen molar-refractivity contribution >= 4 is 46.9 Å². The smallest absolute Gasteiger partial charge is 0.437 e. The zero-order valence-electron chi connectivity index (χ0n) is 32.0. The van der Waals surface area contributed by atoms with Crippen LogP contribution in [-0.2, 0) is 21.2 Å². The molecule has 0 aliphatic carbocycles. The molecule has 290 valence electrons. The van der Waals surface area contributed by atoms with E-state index in [0.29, 0.717) is 17.4 Å². The first-order chi connectivity index (χ1) is 26.7. The molecule has 2 aromatic carbocycles. The van der Waals surface area contributed by atoms with Gasteiger partial charge in [-0.25, -0.2) is 0 Å². The van der Waals surface area contributed by atoms with E-state index in [-0.39, 0.29) is 16.4 Å². The Hall–Kier alpha value is -4.95. The monoisotopic (exact) mass is 796 g/mol. The van der Waals surface area contributed by atoms with Crippen molar-refractivity contribution in [1.29, 1.82) is 15.8 Å². The van der Waals surface area contributed by atoms with Crippen LogP contribution in [-0.4, -0.2) is 31.8 Å². The molecule has 1 unspecified atom stereocenters. The highest BCUT2D eigenvalue weighted by molar-refractivity contribution is 7.13. The second kappa shape index (κ2) is 16.3. The minimum absolute atomic E-state index is 0.0276. The van der Waals surface area contributed by atoms with Crippen LogP contribution in [0, 0.1) is 34.0 Å². The second-order valence-electron chi connectivity index (χ2n) is 15.7. The van der Waals surface area contributed by atoms with E-state index in [2.05, 4.69) is 44.7 Å². The minimum Gasteiger partial charge on any atom is -0.493 e. The quantitative estimate of drug-likeness (QED) is 0.103. The normalized spacial score (nSPS) is 19.7. The summed E-state index contributed by atoms with van der Waals surface area (Å²) in [6.45, 7) is 11.8. The molecule has 0 N–H and O–H groups in total. The SMILES string of the molecule is CC1(C)CCN2CCC(C)(C)c3c(OCCCCCCCl)c(/C=C/c4ccc(/C=C/C5=C(C#N)C(=C(C#N)C#N)OC5(c5ccccc5)C(F)(F)F)s4)cc1c32. The number of halogens is 4. The number of hydrogen-bond acceptors (Lipinski definition) is 7. The molecule has 0 radical (unpaired) electrons. The maximum Gasteiger partial charge on any atom is 0.437 e. The Morgan fingerprint density at radius 1 is 0.893 bits per heavy atom. The van der Waals surface area contributed by atoms with E-state index in [4.69, 9.17) is 21.1 Å². The molecule has 6 nitrogen and oxygen atoms in total. The molecule has 3 aliphatic heterocycles. The lowest BCUT2D eigenvalue weighted by Crippen LogP contribution is -2.45. The van der Waals surface area contributed by atoms with Crippen LogP contribution >= 0.6 is 22.9 Å². The zero-order valence-corrected chi connectivity index (χ0v) is 33.6. The van der Waals surface area contributed by atoms with Crippen molar-refractivity contribution in [2.75, 3.05) is 30.5 Å². The lowest BCUT2D eigenvalue weighted by Gasteiger charge is -2.49. The fourth-order valence-corrected chi connectivity index (χ4v) is 8.90. The third-order valence-corrected chi connectivity index (χ3v) is 12.3. The highest BCUT2D eigenvalue weighted by Gasteiger charge is 2.65. The molecule has 0 bridgehead atoms. The van der Waals surface area contributed by atoms with Crippen LogP contribution in [0.5, 0.6) is 5.75 Å². The van der Waals surface area contributed by atoms with E-state index < -0.39 is 34.3 Å². The Balaban J connectivity index is 1.40. The summed E-state index contributed by atoms with van der Waals surface area (Å²) in [5.41, 5.74) is -0.424. The van der Waals surface area contributed by atoms with Crippen molar-refractivity contribution in [2.24, 2.45) is 0 Å². The summed E-state index contributed by atoms with van der Waals surface area (Å²) < 4.78 is 58.0. The van der Waals surface area contributed by atoms with Gasteiger partial charge in [0.15, 0.2) is 11.3 Å². The molecule has 0 fully saturated rings. The van der Waals surface area contributed by atoms with Gasteiger partial charge in [0.1, 0.15) is 29.5 Å². The Kier molecular flexibility index (Phi) is 11.8. The number of allylic oxidation sites excluding steroid dienone is 2.